The molecule has 9 aromatic carbocycles. The van der Waals surface area contributed by atoms with Gasteiger partial charge in [-0.25, -0.2) is 4.99 Å². The number of fused-ring (bicyclic) bond motifs is 5. The Labute approximate surface area is 493 Å². The first-order valence-electron chi connectivity index (χ1n) is 28.3. The van der Waals surface area contributed by atoms with Crippen molar-refractivity contribution in [2.45, 2.75) is 98.4 Å². The molecule has 13 rings (SSSR count). The molecule has 4 heterocycles. The molecule has 0 amide bonds. The number of para-hydroxylation sites is 5. The minimum absolute atomic E-state index is 0. The summed E-state index contributed by atoms with van der Waals surface area (Å²) in [6.07, 6.45) is 0. The maximum Gasteiger partial charge on any atom is 0.216 e. The third-order valence-corrected chi connectivity index (χ3v) is 15.5. The van der Waals surface area contributed by atoms with Gasteiger partial charge in [0.15, 0.2) is 0 Å². The second kappa shape index (κ2) is 22.6. The Morgan fingerprint density at radius 1 is 0.512 bits per heavy atom. The van der Waals surface area contributed by atoms with Crippen molar-refractivity contribution >= 4 is 49.9 Å². The van der Waals surface area contributed by atoms with Crippen LogP contribution in [-0.4, -0.2) is 37.1 Å². The van der Waals surface area contributed by atoms with Crippen molar-refractivity contribution in [1.29, 1.82) is 0 Å². The molecule has 0 unspecified atom stereocenters. The molecular formula is C73H66FIrN5O2-2. The Hall–Kier alpha value is -8.23. The molecule has 0 saturated heterocycles. The zero-order valence-corrected chi connectivity index (χ0v) is 50.5. The Morgan fingerprint density at radius 3 is 1.62 bits per heavy atom. The van der Waals surface area contributed by atoms with E-state index in [1.54, 1.807) is 6.07 Å². The van der Waals surface area contributed by atoms with E-state index in [0.29, 0.717) is 24.3 Å². The molecule has 1 aliphatic rings. The molecule has 1 radical (unpaired) electrons. The van der Waals surface area contributed by atoms with Crippen LogP contribution in [-0.2, 0) is 24.8 Å². The van der Waals surface area contributed by atoms with Gasteiger partial charge in [0.1, 0.15) is 12.2 Å². The van der Waals surface area contributed by atoms with Crippen LogP contribution in [0.1, 0.15) is 121 Å². The van der Waals surface area contributed by atoms with Crippen LogP contribution in [0.25, 0.3) is 100 Å². The number of ether oxygens (including phenoxy) is 1. The van der Waals surface area contributed by atoms with Gasteiger partial charge in [0.05, 0.1) is 44.8 Å². The number of hydrogen-bond donors (Lipinski definition) is 0. The summed E-state index contributed by atoms with van der Waals surface area (Å²) in [5.41, 5.74) is 20.1. The van der Waals surface area contributed by atoms with Gasteiger partial charge in [-0.3, -0.25) is 14.4 Å². The molecule has 0 saturated carbocycles. The van der Waals surface area contributed by atoms with Crippen LogP contribution in [0.5, 0.6) is 0 Å². The normalized spacial score (nSPS) is 13.1. The molecule has 0 bridgehead atoms. The summed E-state index contributed by atoms with van der Waals surface area (Å²) in [4.78, 5) is 15.0. The molecule has 0 atom stereocenters. The average molecular weight is 1260 g/mol. The summed E-state index contributed by atoms with van der Waals surface area (Å²) in [5, 5.41) is 2.06. The van der Waals surface area contributed by atoms with E-state index in [1.807, 2.05) is 30.3 Å². The van der Waals surface area contributed by atoms with Gasteiger partial charge in [0, 0.05) is 48.2 Å². The Balaban J connectivity index is 0.000000205. The van der Waals surface area contributed by atoms with Gasteiger partial charge in [-0.05, 0) is 131 Å². The summed E-state index contributed by atoms with van der Waals surface area (Å²) in [6, 6.07) is 68.9. The third-order valence-electron chi connectivity index (χ3n) is 15.5. The Bertz CT molecular complexity index is 4280. The number of rotatable bonds is 11. The first kappa shape index (κ1) is 55.7. The van der Waals surface area contributed by atoms with E-state index in [1.165, 1.54) is 68.0 Å². The van der Waals surface area contributed by atoms with Crippen LogP contribution in [0.2, 0.25) is 0 Å². The predicted molar refractivity (Wildman–Crippen MR) is 332 cm³/mol. The van der Waals surface area contributed by atoms with E-state index in [9.17, 15) is 4.39 Å². The molecule has 0 spiro atoms. The third kappa shape index (κ3) is 10.4. The zero-order valence-electron chi connectivity index (χ0n) is 48.1. The number of hydrogen-bond acceptors (Lipinski definition) is 5. The molecule has 0 fully saturated rings. The minimum Gasteiger partial charge on any atom is -0.501 e. The van der Waals surface area contributed by atoms with E-state index < -0.39 is 0 Å². The molecular weight excluding hydrogens is 1190 g/mol. The molecule has 413 valence electrons. The smallest absolute Gasteiger partial charge is 0.216 e. The fraction of sp³-hybridized carbons (Fsp3) is 0.219. The van der Waals surface area contributed by atoms with Crippen LogP contribution >= 0.6 is 0 Å². The van der Waals surface area contributed by atoms with Gasteiger partial charge >= 0.3 is 0 Å². The topological polar surface area (TPSA) is 70.4 Å². The van der Waals surface area contributed by atoms with Crippen LogP contribution in [0.3, 0.4) is 0 Å². The fourth-order valence-electron chi connectivity index (χ4n) is 11.4. The number of benzene rings is 9. The molecule has 3 aromatic heterocycles. The second-order valence-electron chi connectivity index (χ2n) is 23.2. The monoisotopic (exact) mass is 1260 g/mol. The van der Waals surface area contributed by atoms with E-state index >= 15 is 0 Å². The number of aliphatic imine (C=N–C) groups is 1. The standard InChI is InChI=1S/C48H42N3O2.C25H24FN2.Ir/c1-29(2)39-25-35(33-21-19-32(20-22-33)31-13-8-7-9-14-31)26-40(30(3)4)44(39)51-42-18-11-10-17-41(42)49-46(51)38-16-12-15-37-36-24-23-34(27-43(36)53-45(37)38)47-50-48(5,6)28-52-47;1-16(2)20-8-7-9-21(17(3)4)24(20)28-23-11-6-5-10-22(23)27-25(28)18-12-14-19(26)15-13-18;/h7-15,17-27,29-30H,28H2,1-6H3;5-12,14-17H,1-4H3;/q2*-1;. The first-order chi connectivity index (χ1) is 39.1. The first-order valence-corrected chi connectivity index (χ1v) is 28.3. The molecule has 7 nitrogen and oxygen atoms in total. The van der Waals surface area contributed by atoms with Crippen LogP contribution in [0, 0.1) is 17.9 Å². The molecule has 0 aliphatic carbocycles. The van der Waals surface area contributed by atoms with E-state index in [0.717, 1.165) is 72.3 Å². The maximum absolute atomic E-state index is 13.5. The maximum atomic E-state index is 13.5. The van der Waals surface area contributed by atoms with Crippen molar-refractivity contribution < 1.29 is 33.6 Å². The summed E-state index contributed by atoms with van der Waals surface area (Å²) in [5.74, 6) is 3.17. The number of imidazole rings is 2. The van der Waals surface area contributed by atoms with Crippen LogP contribution < -0.4 is 0 Å². The van der Waals surface area contributed by atoms with Crippen molar-refractivity contribution in [2.24, 2.45) is 4.99 Å². The summed E-state index contributed by atoms with van der Waals surface area (Å²) in [7, 11) is 0. The SMILES string of the molecule is CC(C)c1cc(-c2ccc(-c3ccccc3)cc2)cc(C(C)C)c1-n1c(-c2[c-]ccc3c2oc2cc(C4=NC(C)(C)CO4)ccc23)nc2ccccc21.CC(C)c1cccc(C(C)C)c1-n1c(-c2[c-]cc(F)cc2)nc2ccccc21.[Ir]. The van der Waals surface area contributed by atoms with E-state index in [-0.39, 0.29) is 43.3 Å². The fourth-order valence-corrected chi connectivity index (χ4v) is 11.4. The quantitative estimate of drug-likeness (QED) is 0.121. The van der Waals surface area contributed by atoms with Crippen molar-refractivity contribution in [3.8, 4) is 56.4 Å². The van der Waals surface area contributed by atoms with Gasteiger partial charge < -0.3 is 18.3 Å². The molecule has 1 aliphatic heterocycles. The van der Waals surface area contributed by atoms with Crippen molar-refractivity contribution in [2.75, 3.05) is 6.61 Å². The average Bonchev–Trinajstić information content (AvgIpc) is 4.39. The summed E-state index contributed by atoms with van der Waals surface area (Å²) < 4.78 is 30.8. The molecule has 9 heteroatoms. The van der Waals surface area contributed by atoms with Gasteiger partial charge in [0.2, 0.25) is 5.90 Å². The Kier molecular flexibility index (Phi) is 15.3. The summed E-state index contributed by atoms with van der Waals surface area (Å²) >= 11 is 0. The number of aromatic nitrogens is 4. The van der Waals surface area contributed by atoms with Crippen LogP contribution in [0.4, 0.5) is 4.39 Å². The Morgan fingerprint density at radius 2 is 1.05 bits per heavy atom. The number of furan rings is 1. The zero-order chi connectivity index (χ0) is 56.3. The second-order valence-corrected chi connectivity index (χ2v) is 23.2. The number of nitrogens with zero attached hydrogens (tertiary/aromatic N) is 5. The van der Waals surface area contributed by atoms with Gasteiger partial charge in [-0.15, -0.1) is 48.0 Å². The number of halogens is 1. The molecule has 82 heavy (non-hydrogen) atoms. The summed E-state index contributed by atoms with van der Waals surface area (Å²) in [6.45, 7) is 22.7. The van der Waals surface area contributed by atoms with Crippen LogP contribution in [0.15, 0.2) is 191 Å². The van der Waals surface area contributed by atoms with Crippen molar-refractivity contribution in [1.82, 2.24) is 19.1 Å². The molecule has 12 aromatic rings. The van der Waals surface area contributed by atoms with E-state index in [2.05, 4.69) is 224 Å². The van der Waals surface area contributed by atoms with Gasteiger partial charge in [-0.2, -0.15) is 0 Å². The van der Waals surface area contributed by atoms with Gasteiger partial charge in [0.25, 0.3) is 0 Å². The van der Waals surface area contributed by atoms with Gasteiger partial charge in [-0.1, -0.05) is 169 Å². The van der Waals surface area contributed by atoms with Crippen molar-refractivity contribution in [3.05, 3.63) is 228 Å². The largest absolute Gasteiger partial charge is 0.501 e. The van der Waals surface area contributed by atoms with E-state index in [4.69, 9.17) is 24.1 Å². The van der Waals surface area contributed by atoms with Crippen molar-refractivity contribution in [3.63, 3.8) is 0 Å². The predicted octanol–water partition coefficient (Wildman–Crippen LogP) is 19.4. The minimum atomic E-state index is -0.295. The molecule has 0 N–H and O–H groups in total.